The van der Waals surface area contributed by atoms with Gasteiger partial charge in [0.05, 0.1) is 13.2 Å². The van der Waals surface area contributed by atoms with Crippen molar-refractivity contribution >= 4 is 25.7 Å². The third-order valence-electron chi connectivity index (χ3n) is 11.1. The molecule has 4 N–H and O–H groups in total. The fourth-order valence-corrected chi connectivity index (χ4v) is 7.97. The molecule has 3 atom stereocenters. The fraction of sp³-hybridized carbons (Fsp3) is 0.896. The number of carbonyl (C=O) groups excluding carboxylic acids is 2. The lowest BCUT2D eigenvalue weighted by Crippen LogP contribution is -2.43. The Balaban J connectivity index is 3.78. The molecule has 3 unspecified atom stereocenters. The summed E-state index contributed by atoms with van der Waals surface area (Å²) in [6, 6.07) is -1.55. The molecule has 0 heterocycles. The van der Waals surface area contributed by atoms with Crippen molar-refractivity contribution in [2.45, 2.75) is 257 Å². The van der Waals surface area contributed by atoms with Crippen LogP contribution in [0.3, 0.4) is 0 Å². The number of aliphatic carboxylic acids is 1. The van der Waals surface area contributed by atoms with Crippen molar-refractivity contribution < 1.29 is 47.8 Å². The molecule has 1 amide bonds. The molecule has 0 saturated carbocycles. The molecule has 0 saturated heterocycles. The number of aliphatic hydroxyl groups excluding tert-OH is 1. The van der Waals surface area contributed by atoms with E-state index in [2.05, 4.69) is 31.3 Å². The minimum atomic E-state index is -4.76. The number of carboxylic acid groups (broad SMARTS) is 1. The summed E-state index contributed by atoms with van der Waals surface area (Å²) in [4.78, 5) is 46.0. The largest absolute Gasteiger partial charge is 0.480 e. The molecule has 0 aliphatic heterocycles. The maximum absolute atomic E-state index is 12.3. The number of esters is 1. The molecular weight excluding hydrogens is 781 g/mol. The van der Waals surface area contributed by atoms with Gasteiger partial charge in [-0.25, -0.2) is 9.36 Å². The van der Waals surface area contributed by atoms with Gasteiger partial charge in [0.1, 0.15) is 12.7 Å². The van der Waals surface area contributed by atoms with E-state index in [1.165, 1.54) is 148 Å². The topological polar surface area (TPSA) is 169 Å². The first-order valence-corrected chi connectivity index (χ1v) is 26.2. The molecule has 0 bridgehead atoms. The number of phosphoric ester groups is 1. The van der Waals surface area contributed by atoms with E-state index in [1.54, 1.807) is 0 Å². The fourth-order valence-electron chi connectivity index (χ4n) is 7.19. The molecule has 354 valence electrons. The summed E-state index contributed by atoms with van der Waals surface area (Å²) < 4.78 is 26.9. The Morgan fingerprint density at radius 3 is 1.27 bits per heavy atom. The van der Waals surface area contributed by atoms with Gasteiger partial charge in [-0.05, 0) is 38.5 Å². The van der Waals surface area contributed by atoms with Crippen molar-refractivity contribution in [3.05, 3.63) is 12.2 Å². The van der Waals surface area contributed by atoms with Gasteiger partial charge in [-0.2, -0.15) is 0 Å². The summed E-state index contributed by atoms with van der Waals surface area (Å²) in [7, 11) is -4.76. The average Bonchev–Trinajstić information content (AvgIpc) is 3.22. The summed E-state index contributed by atoms with van der Waals surface area (Å²) in [5, 5.41) is 21.9. The predicted molar refractivity (Wildman–Crippen MR) is 245 cm³/mol. The second-order valence-corrected chi connectivity index (χ2v) is 18.5. The Morgan fingerprint density at radius 2 is 0.867 bits per heavy atom. The number of rotatable bonds is 47. The van der Waals surface area contributed by atoms with Gasteiger partial charge >= 0.3 is 19.8 Å². The highest BCUT2D eigenvalue weighted by molar-refractivity contribution is 7.47. The highest BCUT2D eigenvalue weighted by atomic mass is 31.2. The van der Waals surface area contributed by atoms with E-state index in [0.29, 0.717) is 12.8 Å². The first-order chi connectivity index (χ1) is 29.1. The zero-order chi connectivity index (χ0) is 44.2. The van der Waals surface area contributed by atoms with E-state index < -0.39 is 57.6 Å². The molecule has 0 radical (unpaired) electrons. The third-order valence-corrected chi connectivity index (χ3v) is 12.0. The molecule has 60 heavy (non-hydrogen) atoms. The van der Waals surface area contributed by atoms with E-state index in [4.69, 9.17) is 13.8 Å². The van der Waals surface area contributed by atoms with E-state index in [0.717, 1.165) is 57.8 Å². The molecule has 0 rings (SSSR count). The van der Waals surface area contributed by atoms with Crippen molar-refractivity contribution in [3.63, 3.8) is 0 Å². The van der Waals surface area contributed by atoms with Crippen molar-refractivity contribution in [1.29, 1.82) is 0 Å². The average molecular weight is 874 g/mol. The van der Waals surface area contributed by atoms with E-state index in [1.807, 2.05) is 0 Å². The van der Waals surface area contributed by atoms with Crippen LogP contribution in [0.1, 0.15) is 245 Å². The Hall–Kier alpha value is -1.78. The van der Waals surface area contributed by atoms with Gasteiger partial charge in [0.25, 0.3) is 0 Å². The molecule has 11 nitrogen and oxygen atoms in total. The standard InChI is InChI=1S/C48H92NO10P/c1-3-5-7-9-11-13-15-17-19-20-21-22-23-24-25-26-28-30-32-34-36-38-40-47(52)57-41-44(50)42-58-60(55,56)59-43-45(48(53)54)49-46(51)39-37-35-33-31-29-27-18-16-14-12-10-8-6-4-2/h16,18,44-45,50H,3-15,17,19-43H2,1-2H3,(H,49,51)(H,53,54)(H,55,56)/b18-16-. The summed E-state index contributed by atoms with van der Waals surface area (Å²) in [5.41, 5.74) is 0. The molecule has 0 spiro atoms. The van der Waals surface area contributed by atoms with Gasteiger partial charge in [0, 0.05) is 12.8 Å². The number of carbonyl (C=O) groups is 3. The van der Waals surface area contributed by atoms with Crippen molar-refractivity contribution in [2.75, 3.05) is 19.8 Å². The lowest BCUT2D eigenvalue weighted by atomic mass is 10.0. The molecule has 0 aromatic rings. The number of unbranched alkanes of at least 4 members (excludes halogenated alkanes) is 31. The van der Waals surface area contributed by atoms with Crippen LogP contribution in [0.25, 0.3) is 0 Å². The van der Waals surface area contributed by atoms with Crippen molar-refractivity contribution in [1.82, 2.24) is 5.32 Å². The number of carboxylic acids is 1. The lowest BCUT2D eigenvalue weighted by molar-refractivity contribution is -0.147. The van der Waals surface area contributed by atoms with Crippen molar-refractivity contribution in [3.8, 4) is 0 Å². The van der Waals surface area contributed by atoms with E-state index in [-0.39, 0.29) is 12.8 Å². The number of nitrogens with one attached hydrogen (secondary N) is 1. The third kappa shape index (κ3) is 42.9. The van der Waals surface area contributed by atoms with Gasteiger partial charge in [-0.15, -0.1) is 0 Å². The Labute approximate surface area is 367 Å². The molecule has 0 aliphatic rings. The van der Waals surface area contributed by atoms with Gasteiger partial charge < -0.3 is 25.2 Å². The SMILES string of the molecule is CCCCCCC/C=C\CCCCCCCC(=O)NC(COP(=O)(O)OCC(O)COC(=O)CCCCCCCCCCCCCCCCCCCCCCCC)C(=O)O. The maximum Gasteiger partial charge on any atom is 0.472 e. The number of aliphatic hydroxyl groups is 1. The van der Waals surface area contributed by atoms with Crippen LogP contribution in [0.5, 0.6) is 0 Å². The van der Waals surface area contributed by atoms with Crippen LogP contribution in [0.15, 0.2) is 12.2 Å². The first-order valence-electron chi connectivity index (χ1n) is 24.7. The lowest BCUT2D eigenvalue weighted by Gasteiger charge is -2.18. The van der Waals surface area contributed by atoms with Gasteiger partial charge in [-0.1, -0.05) is 206 Å². The number of amides is 1. The Bertz CT molecular complexity index is 1070. The monoisotopic (exact) mass is 874 g/mol. The van der Waals surface area contributed by atoms with Crippen LogP contribution >= 0.6 is 7.82 Å². The zero-order valence-electron chi connectivity index (χ0n) is 38.5. The van der Waals surface area contributed by atoms with Gasteiger partial charge in [0.2, 0.25) is 5.91 Å². The number of hydrogen-bond acceptors (Lipinski definition) is 8. The second-order valence-electron chi connectivity index (χ2n) is 17.0. The second kappa shape index (κ2) is 43.9. The zero-order valence-corrected chi connectivity index (χ0v) is 39.4. The van der Waals surface area contributed by atoms with E-state index in [9.17, 15) is 34.1 Å². The molecule has 0 aromatic heterocycles. The Kier molecular flexibility index (Phi) is 42.6. The van der Waals surface area contributed by atoms with E-state index >= 15 is 0 Å². The van der Waals surface area contributed by atoms with Gasteiger partial charge in [-0.3, -0.25) is 18.6 Å². The Morgan fingerprint density at radius 1 is 0.517 bits per heavy atom. The number of hydrogen-bond donors (Lipinski definition) is 4. The summed E-state index contributed by atoms with van der Waals surface area (Å²) in [6.45, 7) is 2.61. The molecular formula is C48H92NO10P. The number of allylic oxidation sites excluding steroid dienone is 2. The maximum atomic E-state index is 12.3. The van der Waals surface area contributed by atoms with Crippen molar-refractivity contribution in [2.24, 2.45) is 0 Å². The van der Waals surface area contributed by atoms with Crippen LogP contribution in [0.2, 0.25) is 0 Å². The number of phosphoric acid groups is 1. The summed E-state index contributed by atoms with van der Waals surface area (Å²) in [6.07, 6.45) is 45.3. The van der Waals surface area contributed by atoms with Crippen LogP contribution in [0.4, 0.5) is 0 Å². The molecule has 0 aliphatic carbocycles. The quantitative estimate of drug-likeness (QED) is 0.0200. The van der Waals surface area contributed by atoms with Crippen LogP contribution in [0, 0.1) is 0 Å². The predicted octanol–water partition coefficient (Wildman–Crippen LogP) is 13.2. The normalized spacial score (nSPS) is 13.7. The van der Waals surface area contributed by atoms with Crippen LogP contribution in [-0.4, -0.2) is 64.9 Å². The first kappa shape index (κ1) is 58.2. The minimum Gasteiger partial charge on any atom is -0.480 e. The molecule has 0 aromatic carbocycles. The highest BCUT2D eigenvalue weighted by Gasteiger charge is 2.28. The summed E-state index contributed by atoms with van der Waals surface area (Å²) >= 11 is 0. The van der Waals surface area contributed by atoms with Crippen LogP contribution < -0.4 is 5.32 Å². The number of ether oxygens (including phenoxy) is 1. The minimum absolute atomic E-state index is 0.138. The summed E-state index contributed by atoms with van der Waals surface area (Å²) in [5.74, 6) is -2.37. The van der Waals surface area contributed by atoms with Gasteiger partial charge in [0.15, 0.2) is 6.04 Å². The molecule has 12 heteroatoms. The smallest absolute Gasteiger partial charge is 0.472 e. The molecule has 0 fully saturated rings. The highest BCUT2D eigenvalue weighted by Crippen LogP contribution is 2.43. The van der Waals surface area contributed by atoms with Crippen LogP contribution in [-0.2, 0) is 32.7 Å².